The third-order valence-corrected chi connectivity index (χ3v) is 4.66. The van der Waals surface area contributed by atoms with E-state index < -0.39 is 6.10 Å². The van der Waals surface area contributed by atoms with Gasteiger partial charge in [-0.05, 0) is 55.3 Å². The number of hydrogen-bond donors (Lipinski definition) is 1. The van der Waals surface area contributed by atoms with Crippen LogP contribution in [0.2, 0.25) is 0 Å². The number of aryl methyl sites for hydroxylation is 1. The lowest BCUT2D eigenvalue weighted by atomic mass is 10.1. The van der Waals surface area contributed by atoms with Gasteiger partial charge in [0, 0.05) is 24.5 Å². The van der Waals surface area contributed by atoms with Gasteiger partial charge < -0.3 is 19.7 Å². The van der Waals surface area contributed by atoms with Gasteiger partial charge in [-0.15, -0.1) is 0 Å². The molecule has 0 bridgehead atoms. The zero-order valence-electron chi connectivity index (χ0n) is 16.1. The van der Waals surface area contributed by atoms with Gasteiger partial charge in [0.15, 0.2) is 6.10 Å². The number of nitrogens with one attached hydrogen (secondary N) is 1. The lowest BCUT2D eigenvalue weighted by molar-refractivity contribution is -0.122. The summed E-state index contributed by atoms with van der Waals surface area (Å²) in [5, 5.41) is 2.92. The SMILES string of the molecule is CCCc1ccc(OC(C)C(=O)Nc2ccc(N3CCOCC3)cc2)cc1. The monoisotopic (exact) mass is 368 g/mol. The lowest BCUT2D eigenvalue weighted by Gasteiger charge is -2.29. The topological polar surface area (TPSA) is 50.8 Å². The molecule has 1 N–H and O–H groups in total. The molecule has 27 heavy (non-hydrogen) atoms. The van der Waals surface area contributed by atoms with Crippen molar-refractivity contribution >= 4 is 17.3 Å². The van der Waals surface area contributed by atoms with Gasteiger partial charge in [-0.1, -0.05) is 25.5 Å². The third-order valence-electron chi connectivity index (χ3n) is 4.66. The summed E-state index contributed by atoms with van der Waals surface area (Å²) in [5.74, 6) is 0.548. The predicted octanol–water partition coefficient (Wildman–Crippen LogP) is 3.88. The predicted molar refractivity (Wildman–Crippen MR) is 109 cm³/mol. The molecule has 1 atom stereocenters. The molecule has 0 aromatic heterocycles. The Kier molecular flexibility index (Phi) is 6.71. The van der Waals surface area contributed by atoms with Crippen LogP contribution in [-0.4, -0.2) is 38.3 Å². The van der Waals surface area contributed by atoms with E-state index >= 15 is 0 Å². The highest BCUT2D eigenvalue weighted by molar-refractivity contribution is 5.94. The van der Waals surface area contributed by atoms with E-state index in [1.807, 2.05) is 48.5 Å². The summed E-state index contributed by atoms with van der Waals surface area (Å²) in [4.78, 5) is 14.7. The zero-order valence-corrected chi connectivity index (χ0v) is 16.1. The molecule has 0 saturated carbocycles. The van der Waals surface area contributed by atoms with Crippen molar-refractivity contribution in [3.8, 4) is 5.75 Å². The number of rotatable bonds is 7. The second-order valence-corrected chi connectivity index (χ2v) is 6.79. The Balaban J connectivity index is 1.52. The summed E-state index contributed by atoms with van der Waals surface area (Å²) >= 11 is 0. The molecule has 144 valence electrons. The first-order valence-corrected chi connectivity index (χ1v) is 9.65. The molecule has 3 rings (SSSR count). The quantitative estimate of drug-likeness (QED) is 0.806. The van der Waals surface area contributed by atoms with E-state index in [0.717, 1.165) is 50.5 Å². The summed E-state index contributed by atoms with van der Waals surface area (Å²) in [5.41, 5.74) is 3.20. The maximum atomic E-state index is 12.4. The molecule has 0 radical (unpaired) electrons. The van der Waals surface area contributed by atoms with Crippen molar-refractivity contribution in [1.29, 1.82) is 0 Å². The zero-order chi connectivity index (χ0) is 19.1. The molecule has 2 aromatic carbocycles. The van der Waals surface area contributed by atoms with Crippen LogP contribution in [-0.2, 0) is 16.0 Å². The van der Waals surface area contributed by atoms with E-state index in [1.165, 1.54) is 5.56 Å². The first-order valence-electron chi connectivity index (χ1n) is 9.65. The van der Waals surface area contributed by atoms with Crippen LogP contribution in [0, 0.1) is 0 Å². The normalized spacial score (nSPS) is 15.3. The molecule has 1 saturated heterocycles. The summed E-state index contributed by atoms with van der Waals surface area (Å²) < 4.78 is 11.1. The number of morpholine rings is 1. The Morgan fingerprint density at radius 3 is 2.41 bits per heavy atom. The van der Waals surface area contributed by atoms with Crippen LogP contribution in [0.4, 0.5) is 11.4 Å². The number of anilines is 2. The minimum atomic E-state index is -0.569. The molecule has 5 heteroatoms. The van der Waals surface area contributed by atoms with Gasteiger partial charge in [-0.2, -0.15) is 0 Å². The summed E-state index contributed by atoms with van der Waals surface area (Å²) in [7, 11) is 0. The molecule has 1 aliphatic heterocycles. The maximum absolute atomic E-state index is 12.4. The average Bonchev–Trinajstić information content (AvgIpc) is 2.71. The first-order chi connectivity index (χ1) is 13.2. The van der Waals surface area contributed by atoms with Crippen LogP contribution in [0.15, 0.2) is 48.5 Å². The number of carbonyl (C=O) groups is 1. The number of ether oxygens (including phenoxy) is 2. The Morgan fingerprint density at radius 2 is 1.78 bits per heavy atom. The van der Waals surface area contributed by atoms with E-state index in [4.69, 9.17) is 9.47 Å². The average molecular weight is 368 g/mol. The minimum Gasteiger partial charge on any atom is -0.481 e. The summed E-state index contributed by atoms with van der Waals surface area (Å²) in [6, 6.07) is 15.8. The number of hydrogen-bond acceptors (Lipinski definition) is 4. The third kappa shape index (κ3) is 5.47. The molecule has 1 heterocycles. The highest BCUT2D eigenvalue weighted by Gasteiger charge is 2.16. The molecule has 1 unspecified atom stereocenters. The van der Waals surface area contributed by atoms with E-state index in [0.29, 0.717) is 5.75 Å². The van der Waals surface area contributed by atoms with Gasteiger partial charge in [-0.3, -0.25) is 4.79 Å². The smallest absolute Gasteiger partial charge is 0.265 e. The van der Waals surface area contributed by atoms with Crippen LogP contribution >= 0.6 is 0 Å². The Labute approximate surface area is 161 Å². The second kappa shape index (κ2) is 9.42. The molecule has 5 nitrogen and oxygen atoms in total. The largest absolute Gasteiger partial charge is 0.481 e. The van der Waals surface area contributed by atoms with E-state index in [-0.39, 0.29) is 5.91 Å². The van der Waals surface area contributed by atoms with E-state index in [2.05, 4.69) is 17.1 Å². The standard InChI is InChI=1S/C22H28N2O3/c1-3-4-18-5-11-21(12-6-18)27-17(2)22(25)23-19-7-9-20(10-8-19)24-13-15-26-16-14-24/h5-12,17H,3-4,13-16H2,1-2H3,(H,23,25). The minimum absolute atomic E-state index is 0.160. The van der Waals surface area contributed by atoms with Crippen molar-refractivity contribution in [1.82, 2.24) is 0 Å². The lowest BCUT2D eigenvalue weighted by Crippen LogP contribution is -2.36. The van der Waals surface area contributed by atoms with E-state index in [1.54, 1.807) is 6.92 Å². The highest BCUT2D eigenvalue weighted by atomic mass is 16.5. The van der Waals surface area contributed by atoms with Crippen molar-refractivity contribution in [2.24, 2.45) is 0 Å². The first kappa shape index (κ1) is 19.2. The van der Waals surface area contributed by atoms with Crippen LogP contribution in [0.1, 0.15) is 25.8 Å². The molecule has 1 fully saturated rings. The Hall–Kier alpha value is -2.53. The van der Waals surface area contributed by atoms with Gasteiger partial charge in [0.2, 0.25) is 0 Å². The maximum Gasteiger partial charge on any atom is 0.265 e. The number of amides is 1. The molecular weight excluding hydrogens is 340 g/mol. The van der Waals surface area contributed by atoms with Crippen molar-refractivity contribution < 1.29 is 14.3 Å². The fraction of sp³-hybridized carbons (Fsp3) is 0.409. The van der Waals surface area contributed by atoms with Gasteiger partial charge in [0.05, 0.1) is 13.2 Å². The van der Waals surface area contributed by atoms with Crippen molar-refractivity contribution in [3.05, 3.63) is 54.1 Å². The van der Waals surface area contributed by atoms with Crippen LogP contribution < -0.4 is 15.0 Å². The van der Waals surface area contributed by atoms with Crippen molar-refractivity contribution in [3.63, 3.8) is 0 Å². The second-order valence-electron chi connectivity index (χ2n) is 6.79. The fourth-order valence-corrected chi connectivity index (χ4v) is 3.10. The van der Waals surface area contributed by atoms with Crippen molar-refractivity contribution in [2.75, 3.05) is 36.5 Å². The molecule has 0 aliphatic carbocycles. The van der Waals surface area contributed by atoms with Crippen LogP contribution in [0.3, 0.4) is 0 Å². The highest BCUT2D eigenvalue weighted by Crippen LogP contribution is 2.20. The number of benzene rings is 2. The van der Waals surface area contributed by atoms with Crippen LogP contribution in [0.25, 0.3) is 0 Å². The fourth-order valence-electron chi connectivity index (χ4n) is 3.10. The van der Waals surface area contributed by atoms with Gasteiger partial charge >= 0.3 is 0 Å². The number of nitrogens with zero attached hydrogens (tertiary/aromatic N) is 1. The molecule has 1 amide bonds. The Bertz CT molecular complexity index is 722. The molecule has 1 aliphatic rings. The van der Waals surface area contributed by atoms with Gasteiger partial charge in [0.1, 0.15) is 5.75 Å². The van der Waals surface area contributed by atoms with Gasteiger partial charge in [-0.25, -0.2) is 0 Å². The molecule has 2 aromatic rings. The molecule has 0 spiro atoms. The molecular formula is C22H28N2O3. The van der Waals surface area contributed by atoms with Gasteiger partial charge in [0.25, 0.3) is 5.91 Å². The van der Waals surface area contributed by atoms with Crippen LogP contribution in [0.5, 0.6) is 5.75 Å². The van der Waals surface area contributed by atoms with Crippen molar-refractivity contribution in [2.45, 2.75) is 32.8 Å². The Morgan fingerprint density at radius 1 is 1.11 bits per heavy atom. The van der Waals surface area contributed by atoms with E-state index in [9.17, 15) is 4.79 Å². The number of carbonyl (C=O) groups excluding carboxylic acids is 1. The summed E-state index contributed by atoms with van der Waals surface area (Å²) in [6.07, 6.45) is 1.60. The summed E-state index contributed by atoms with van der Waals surface area (Å²) in [6.45, 7) is 7.22.